The third-order valence-corrected chi connectivity index (χ3v) is 3.85. The molecule has 3 N–H and O–H groups in total. The SMILES string of the molecule is O=C(O)CCCc1cc2ccc(NCc3ccccc3)cc2[nH]1. The van der Waals surface area contributed by atoms with Gasteiger partial charge in [0.2, 0.25) is 0 Å². The maximum atomic E-state index is 10.6. The minimum atomic E-state index is -0.742. The molecule has 0 saturated carbocycles. The van der Waals surface area contributed by atoms with Crippen molar-refractivity contribution >= 4 is 22.6 Å². The Kier molecular flexibility index (Phi) is 4.62. The Morgan fingerprint density at radius 1 is 1.09 bits per heavy atom. The number of anilines is 1. The summed E-state index contributed by atoms with van der Waals surface area (Å²) in [5, 5.41) is 13.3. The zero-order chi connectivity index (χ0) is 16.1. The Morgan fingerprint density at radius 3 is 2.70 bits per heavy atom. The van der Waals surface area contributed by atoms with Crippen LogP contribution in [0.1, 0.15) is 24.1 Å². The van der Waals surface area contributed by atoms with Crippen molar-refractivity contribution < 1.29 is 9.90 Å². The summed E-state index contributed by atoms with van der Waals surface area (Å²) in [6, 6.07) is 18.6. The number of H-pyrrole nitrogens is 1. The lowest BCUT2D eigenvalue weighted by Gasteiger charge is -2.06. The molecule has 4 heteroatoms. The van der Waals surface area contributed by atoms with Gasteiger partial charge in [0.15, 0.2) is 0 Å². The van der Waals surface area contributed by atoms with Crippen LogP contribution in [0.4, 0.5) is 5.69 Å². The Balaban J connectivity index is 1.65. The molecule has 118 valence electrons. The highest BCUT2D eigenvalue weighted by Crippen LogP contribution is 2.21. The monoisotopic (exact) mass is 308 g/mol. The Bertz CT molecular complexity index is 793. The summed E-state index contributed by atoms with van der Waals surface area (Å²) >= 11 is 0. The number of carbonyl (C=O) groups is 1. The van der Waals surface area contributed by atoms with Crippen LogP contribution in [0.5, 0.6) is 0 Å². The van der Waals surface area contributed by atoms with E-state index in [-0.39, 0.29) is 6.42 Å². The first-order valence-electron chi connectivity index (χ1n) is 7.82. The average Bonchev–Trinajstić information content (AvgIpc) is 2.95. The summed E-state index contributed by atoms with van der Waals surface area (Å²) in [5.41, 5.74) is 4.48. The van der Waals surface area contributed by atoms with E-state index >= 15 is 0 Å². The molecule has 1 heterocycles. The van der Waals surface area contributed by atoms with Gasteiger partial charge in [-0.2, -0.15) is 0 Å². The zero-order valence-corrected chi connectivity index (χ0v) is 12.9. The predicted molar refractivity (Wildman–Crippen MR) is 92.6 cm³/mol. The number of hydrogen-bond acceptors (Lipinski definition) is 2. The molecule has 0 aliphatic carbocycles. The number of carboxylic acids is 1. The largest absolute Gasteiger partial charge is 0.481 e. The second-order valence-corrected chi connectivity index (χ2v) is 5.68. The molecule has 0 saturated heterocycles. The maximum Gasteiger partial charge on any atom is 0.303 e. The molecule has 0 unspecified atom stereocenters. The predicted octanol–water partition coefficient (Wildman–Crippen LogP) is 4.19. The number of aliphatic carboxylic acids is 1. The first kappa shape index (κ1) is 15.2. The Morgan fingerprint density at radius 2 is 1.91 bits per heavy atom. The quantitative estimate of drug-likeness (QED) is 0.613. The van der Waals surface area contributed by atoms with Crippen LogP contribution in [0.15, 0.2) is 54.6 Å². The lowest BCUT2D eigenvalue weighted by Crippen LogP contribution is -1.98. The fourth-order valence-electron chi connectivity index (χ4n) is 2.66. The van der Waals surface area contributed by atoms with Crippen LogP contribution >= 0.6 is 0 Å². The number of benzene rings is 2. The van der Waals surface area contributed by atoms with Crippen molar-refractivity contribution in [2.24, 2.45) is 0 Å². The fourth-order valence-corrected chi connectivity index (χ4v) is 2.66. The van der Waals surface area contributed by atoms with Crippen LogP contribution in [-0.2, 0) is 17.8 Å². The molecule has 0 radical (unpaired) electrons. The van der Waals surface area contributed by atoms with E-state index in [0.717, 1.165) is 35.2 Å². The first-order valence-corrected chi connectivity index (χ1v) is 7.82. The number of nitrogens with one attached hydrogen (secondary N) is 2. The minimum absolute atomic E-state index is 0.208. The zero-order valence-electron chi connectivity index (χ0n) is 12.9. The van der Waals surface area contributed by atoms with E-state index in [4.69, 9.17) is 5.11 Å². The molecular weight excluding hydrogens is 288 g/mol. The van der Waals surface area contributed by atoms with E-state index in [9.17, 15) is 4.79 Å². The highest BCUT2D eigenvalue weighted by Gasteiger charge is 2.04. The molecule has 3 aromatic rings. The highest BCUT2D eigenvalue weighted by molar-refractivity contribution is 5.83. The van der Waals surface area contributed by atoms with Gasteiger partial charge in [-0.15, -0.1) is 0 Å². The van der Waals surface area contributed by atoms with Crippen LogP contribution in [-0.4, -0.2) is 16.1 Å². The number of aromatic amines is 1. The lowest BCUT2D eigenvalue weighted by molar-refractivity contribution is -0.137. The van der Waals surface area contributed by atoms with Crippen molar-refractivity contribution in [3.63, 3.8) is 0 Å². The Hall–Kier alpha value is -2.75. The minimum Gasteiger partial charge on any atom is -0.481 e. The molecule has 0 fully saturated rings. The van der Waals surface area contributed by atoms with Crippen molar-refractivity contribution in [3.8, 4) is 0 Å². The van der Waals surface area contributed by atoms with Gasteiger partial charge >= 0.3 is 5.97 Å². The van der Waals surface area contributed by atoms with Crippen molar-refractivity contribution in [1.29, 1.82) is 0 Å². The molecule has 0 bridgehead atoms. The number of fused-ring (bicyclic) bond motifs is 1. The molecule has 23 heavy (non-hydrogen) atoms. The van der Waals surface area contributed by atoms with Crippen molar-refractivity contribution in [3.05, 3.63) is 65.9 Å². The third-order valence-electron chi connectivity index (χ3n) is 3.85. The molecule has 1 aromatic heterocycles. The van der Waals surface area contributed by atoms with E-state index in [1.807, 2.05) is 18.2 Å². The topological polar surface area (TPSA) is 65.1 Å². The lowest BCUT2D eigenvalue weighted by atomic mass is 10.2. The molecule has 0 aliphatic heterocycles. The number of carboxylic acid groups (broad SMARTS) is 1. The van der Waals surface area contributed by atoms with Gasteiger partial charge in [0.05, 0.1) is 0 Å². The van der Waals surface area contributed by atoms with Crippen molar-refractivity contribution in [2.45, 2.75) is 25.8 Å². The van der Waals surface area contributed by atoms with Gasteiger partial charge < -0.3 is 15.4 Å². The van der Waals surface area contributed by atoms with Gasteiger partial charge in [-0.25, -0.2) is 0 Å². The molecule has 0 spiro atoms. The van der Waals surface area contributed by atoms with Crippen LogP contribution in [0.2, 0.25) is 0 Å². The van der Waals surface area contributed by atoms with Gasteiger partial charge in [0.1, 0.15) is 0 Å². The smallest absolute Gasteiger partial charge is 0.303 e. The van der Waals surface area contributed by atoms with Gasteiger partial charge in [-0.05, 0) is 42.0 Å². The first-order chi connectivity index (χ1) is 11.2. The van der Waals surface area contributed by atoms with Gasteiger partial charge in [0.25, 0.3) is 0 Å². The summed E-state index contributed by atoms with van der Waals surface area (Å²) < 4.78 is 0. The fraction of sp³-hybridized carbons (Fsp3) is 0.211. The van der Waals surface area contributed by atoms with Gasteiger partial charge in [0, 0.05) is 29.9 Å². The van der Waals surface area contributed by atoms with E-state index in [0.29, 0.717) is 6.42 Å². The Labute approximate surface area is 135 Å². The number of aryl methyl sites for hydroxylation is 1. The second kappa shape index (κ2) is 7.01. The molecule has 0 aliphatic rings. The van der Waals surface area contributed by atoms with Crippen molar-refractivity contribution in [2.75, 3.05) is 5.32 Å². The van der Waals surface area contributed by atoms with Crippen LogP contribution in [0, 0.1) is 0 Å². The van der Waals surface area contributed by atoms with E-state index in [1.165, 1.54) is 5.56 Å². The van der Waals surface area contributed by atoms with Gasteiger partial charge in [-0.3, -0.25) is 4.79 Å². The van der Waals surface area contributed by atoms with E-state index in [1.54, 1.807) is 0 Å². The second-order valence-electron chi connectivity index (χ2n) is 5.68. The molecular formula is C19H20N2O2. The summed E-state index contributed by atoms with van der Waals surface area (Å²) in [6.07, 6.45) is 1.62. The van der Waals surface area contributed by atoms with Crippen LogP contribution in [0.3, 0.4) is 0 Å². The standard InChI is InChI=1S/C19H20N2O2/c22-19(23)8-4-7-17-11-15-9-10-16(12-18(15)21-17)20-13-14-5-2-1-3-6-14/h1-3,5-6,9-12,20-21H,4,7-8,13H2,(H,22,23). The number of hydrogen-bond donors (Lipinski definition) is 3. The molecule has 3 rings (SSSR count). The molecule has 0 atom stereocenters. The maximum absolute atomic E-state index is 10.6. The van der Waals surface area contributed by atoms with E-state index in [2.05, 4.69) is 46.7 Å². The van der Waals surface area contributed by atoms with Gasteiger partial charge in [-0.1, -0.05) is 36.4 Å². The molecule has 2 aromatic carbocycles. The van der Waals surface area contributed by atoms with Crippen LogP contribution in [0.25, 0.3) is 10.9 Å². The normalized spacial score (nSPS) is 10.8. The summed E-state index contributed by atoms with van der Waals surface area (Å²) in [4.78, 5) is 14.0. The van der Waals surface area contributed by atoms with E-state index < -0.39 is 5.97 Å². The molecule has 0 amide bonds. The van der Waals surface area contributed by atoms with Crippen LogP contribution < -0.4 is 5.32 Å². The van der Waals surface area contributed by atoms with Crippen molar-refractivity contribution in [1.82, 2.24) is 4.98 Å². The third kappa shape index (κ3) is 4.13. The number of aromatic nitrogens is 1. The highest BCUT2D eigenvalue weighted by atomic mass is 16.4. The summed E-state index contributed by atoms with van der Waals surface area (Å²) in [7, 11) is 0. The summed E-state index contributed by atoms with van der Waals surface area (Å²) in [6.45, 7) is 0.790. The molecule has 4 nitrogen and oxygen atoms in total. The average molecular weight is 308 g/mol. The summed E-state index contributed by atoms with van der Waals surface area (Å²) in [5.74, 6) is -0.742. The number of rotatable bonds is 7.